The van der Waals surface area contributed by atoms with Crippen LogP contribution in [0, 0.1) is 6.92 Å². The van der Waals surface area contributed by atoms with Gasteiger partial charge in [0.1, 0.15) is 0 Å². The largest absolute Gasteiger partial charge is 0.301 e. The van der Waals surface area contributed by atoms with Crippen LogP contribution >= 0.6 is 0 Å². The molecule has 0 saturated carbocycles. The van der Waals surface area contributed by atoms with Crippen molar-refractivity contribution in [2.45, 2.75) is 26.7 Å². The topological polar surface area (TPSA) is 60.1 Å². The van der Waals surface area contributed by atoms with E-state index in [0.29, 0.717) is 17.4 Å². The molecule has 5 nitrogen and oxygen atoms in total. The normalized spacial score (nSPS) is 11.4. The number of rotatable bonds is 4. The van der Waals surface area contributed by atoms with E-state index in [1.54, 1.807) is 13.1 Å². The van der Waals surface area contributed by atoms with Crippen molar-refractivity contribution in [1.82, 2.24) is 14.9 Å². The van der Waals surface area contributed by atoms with Crippen LogP contribution in [0.3, 0.4) is 0 Å². The average Bonchev–Trinajstić information content (AvgIpc) is 2.63. The number of aromatic nitrogens is 3. The molecular weight excluding hydrogens is 312 g/mol. The first-order valence-corrected chi connectivity index (χ1v) is 8.22. The fourth-order valence-corrected chi connectivity index (χ4v) is 2.46. The lowest BCUT2D eigenvalue weighted by Gasteiger charge is -2.06. The van der Waals surface area contributed by atoms with Crippen molar-refractivity contribution in [2.24, 2.45) is 5.10 Å². The lowest BCUT2D eigenvalue weighted by Crippen LogP contribution is -2.23. The Hall–Kier alpha value is -3.08. The molecule has 0 N–H and O–H groups in total. The van der Waals surface area contributed by atoms with Crippen LogP contribution < -0.4 is 5.56 Å². The van der Waals surface area contributed by atoms with Gasteiger partial charge in [-0.1, -0.05) is 68.4 Å². The van der Waals surface area contributed by atoms with Gasteiger partial charge < -0.3 is 0 Å². The minimum atomic E-state index is -0.284. The molecule has 1 aromatic heterocycles. The summed E-state index contributed by atoms with van der Waals surface area (Å²) in [6, 6.07) is 17.4. The van der Waals surface area contributed by atoms with E-state index >= 15 is 0 Å². The predicted octanol–water partition coefficient (Wildman–Crippen LogP) is 3.62. The molecule has 0 amide bonds. The first-order valence-electron chi connectivity index (χ1n) is 8.22. The molecule has 0 spiro atoms. The van der Waals surface area contributed by atoms with E-state index < -0.39 is 0 Å². The highest BCUT2D eigenvalue weighted by Crippen LogP contribution is 2.14. The molecule has 126 valence electrons. The number of hydrogen-bond donors (Lipinski definition) is 0. The summed E-state index contributed by atoms with van der Waals surface area (Å²) < 4.78 is 1.28. The second-order valence-electron chi connectivity index (χ2n) is 6.14. The van der Waals surface area contributed by atoms with Crippen molar-refractivity contribution in [3.05, 3.63) is 81.9 Å². The molecular formula is C20H20N4O. The van der Waals surface area contributed by atoms with Crippen LogP contribution in [0.15, 0.2) is 64.5 Å². The molecule has 3 aromatic rings. The van der Waals surface area contributed by atoms with Crippen molar-refractivity contribution >= 4 is 6.21 Å². The third kappa shape index (κ3) is 3.71. The molecule has 2 aromatic carbocycles. The lowest BCUT2D eigenvalue weighted by molar-refractivity contribution is 0.717. The third-order valence-electron chi connectivity index (χ3n) is 3.97. The molecule has 0 bridgehead atoms. The Morgan fingerprint density at radius 1 is 1.00 bits per heavy atom. The SMILES string of the molecule is Cc1nnc(-c2ccccc2)c(=O)n1/N=C/c1ccc(C(C)C)cc1. The van der Waals surface area contributed by atoms with E-state index in [0.717, 1.165) is 11.1 Å². The number of nitrogens with zero attached hydrogens (tertiary/aromatic N) is 4. The maximum atomic E-state index is 12.7. The number of aryl methyl sites for hydroxylation is 1. The molecule has 0 aliphatic heterocycles. The lowest BCUT2D eigenvalue weighted by atomic mass is 10.0. The molecule has 0 saturated heterocycles. The Morgan fingerprint density at radius 2 is 1.68 bits per heavy atom. The molecule has 25 heavy (non-hydrogen) atoms. The molecule has 0 aliphatic carbocycles. The monoisotopic (exact) mass is 332 g/mol. The first kappa shape index (κ1) is 16.8. The van der Waals surface area contributed by atoms with E-state index in [1.165, 1.54) is 10.2 Å². The van der Waals surface area contributed by atoms with Gasteiger partial charge in [-0.05, 0) is 24.0 Å². The Bertz CT molecular complexity index is 942. The fourth-order valence-electron chi connectivity index (χ4n) is 2.46. The summed E-state index contributed by atoms with van der Waals surface area (Å²) in [5, 5.41) is 12.4. The maximum absolute atomic E-state index is 12.7. The van der Waals surface area contributed by atoms with Gasteiger partial charge in [0, 0.05) is 5.56 Å². The van der Waals surface area contributed by atoms with Gasteiger partial charge >= 0.3 is 5.56 Å². The van der Waals surface area contributed by atoms with Crippen molar-refractivity contribution < 1.29 is 0 Å². The summed E-state index contributed by atoms with van der Waals surface area (Å²) in [5.74, 6) is 0.924. The van der Waals surface area contributed by atoms with Crippen molar-refractivity contribution in [3.8, 4) is 11.3 Å². The van der Waals surface area contributed by atoms with Crippen LogP contribution in [0.4, 0.5) is 0 Å². The third-order valence-corrected chi connectivity index (χ3v) is 3.97. The van der Waals surface area contributed by atoms with Gasteiger partial charge in [-0.15, -0.1) is 10.2 Å². The molecule has 5 heteroatoms. The van der Waals surface area contributed by atoms with Crippen LogP contribution in [0.25, 0.3) is 11.3 Å². The molecule has 3 rings (SSSR count). The highest BCUT2D eigenvalue weighted by molar-refractivity contribution is 5.79. The fraction of sp³-hybridized carbons (Fsp3) is 0.200. The van der Waals surface area contributed by atoms with Crippen molar-refractivity contribution in [2.75, 3.05) is 0 Å². The second kappa shape index (κ2) is 7.21. The standard InChI is InChI=1S/C20H20N4O/c1-14(2)17-11-9-16(10-12-17)13-21-24-15(3)22-23-19(20(24)25)18-7-5-4-6-8-18/h4-14H,1-3H3/b21-13+. The number of hydrogen-bond acceptors (Lipinski definition) is 4. The van der Waals surface area contributed by atoms with Gasteiger partial charge in [0.2, 0.25) is 0 Å². The Morgan fingerprint density at radius 3 is 2.32 bits per heavy atom. The summed E-state index contributed by atoms with van der Waals surface area (Å²) in [5.41, 5.74) is 2.92. The summed E-state index contributed by atoms with van der Waals surface area (Å²) >= 11 is 0. The number of benzene rings is 2. The highest BCUT2D eigenvalue weighted by Gasteiger charge is 2.10. The summed E-state index contributed by atoms with van der Waals surface area (Å²) in [7, 11) is 0. The van der Waals surface area contributed by atoms with Gasteiger partial charge in [0.05, 0.1) is 6.21 Å². The Kier molecular flexibility index (Phi) is 4.84. The van der Waals surface area contributed by atoms with E-state index in [9.17, 15) is 4.79 Å². The van der Waals surface area contributed by atoms with Gasteiger partial charge in [0.25, 0.3) is 0 Å². The van der Waals surface area contributed by atoms with Crippen LogP contribution in [-0.4, -0.2) is 21.1 Å². The van der Waals surface area contributed by atoms with Crippen LogP contribution in [0.5, 0.6) is 0 Å². The highest BCUT2D eigenvalue weighted by atomic mass is 16.1. The summed E-state index contributed by atoms with van der Waals surface area (Å²) in [6.07, 6.45) is 1.66. The average molecular weight is 332 g/mol. The molecule has 0 atom stereocenters. The van der Waals surface area contributed by atoms with E-state index in [1.807, 2.05) is 42.5 Å². The quantitative estimate of drug-likeness (QED) is 0.686. The minimum Gasteiger partial charge on any atom is -0.265 e. The van der Waals surface area contributed by atoms with Gasteiger partial charge in [0.15, 0.2) is 11.5 Å². The smallest absolute Gasteiger partial charge is 0.265 e. The van der Waals surface area contributed by atoms with Gasteiger partial charge in [-0.2, -0.15) is 9.78 Å². The molecule has 0 unspecified atom stereocenters. The van der Waals surface area contributed by atoms with Crippen molar-refractivity contribution in [1.29, 1.82) is 0 Å². The van der Waals surface area contributed by atoms with Gasteiger partial charge in [-0.3, -0.25) is 4.79 Å². The van der Waals surface area contributed by atoms with Crippen LogP contribution in [0.2, 0.25) is 0 Å². The summed E-state index contributed by atoms with van der Waals surface area (Å²) in [6.45, 7) is 6.02. The maximum Gasteiger partial charge on any atom is 0.301 e. The first-order chi connectivity index (χ1) is 12.1. The zero-order valence-corrected chi connectivity index (χ0v) is 14.5. The van der Waals surface area contributed by atoms with E-state index in [-0.39, 0.29) is 5.56 Å². The zero-order valence-electron chi connectivity index (χ0n) is 14.5. The van der Waals surface area contributed by atoms with Crippen LogP contribution in [-0.2, 0) is 0 Å². The van der Waals surface area contributed by atoms with Crippen molar-refractivity contribution in [3.63, 3.8) is 0 Å². The Balaban J connectivity index is 1.96. The van der Waals surface area contributed by atoms with Crippen LogP contribution in [0.1, 0.15) is 36.7 Å². The molecule has 1 heterocycles. The molecule has 0 fully saturated rings. The minimum absolute atomic E-state index is 0.284. The molecule has 0 radical (unpaired) electrons. The second-order valence-corrected chi connectivity index (χ2v) is 6.14. The summed E-state index contributed by atoms with van der Waals surface area (Å²) in [4.78, 5) is 12.7. The zero-order chi connectivity index (χ0) is 17.8. The van der Waals surface area contributed by atoms with E-state index in [2.05, 4.69) is 41.3 Å². The predicted molar refractivity (Wildman–Crippen MR) is 100.0 cm³/mol. The molecule has 0 aliphatic rings. The Labute approximate surface area is 146 Å². The van der Waals surface area contributed by atoms with Gasteiger partial charge in [-0.25, -0.2) is 0 Å². The van der Waals surface area contributed by atoms with E-state index in [4.69, 9.17) is 0 Å².